The Labute approximate surface area is 133 Å². The summed E-state index contributed by atoms with van der Waals surface area (Å²) in [5, 5.41) is 16.5. The molecule has 0 saturated heterocycles. The van der Waals surface area contributed by atoms with Crippen LogP contribution in [0, 0.1) is 0 Å². The highest BCUT2D eigenvalue weighted by atomic mass is 79.9. The number of aliphatic hydroxyl groups excluding tert-OH is 1. The van der Waals surface area contributed by atoms with Gasteiger partial charge in [0.2, 0.25) is 0 Å². The highest BCUT2D eigenvalue weighted by Crippen LogP contribution is 2.28. The van der Waals surface area contributed by atoms with Gasteiger partial charge in [0, 0.05) is 24.3 Å². The van der Waals surface area contributed by atoms with E-state index in [1.807, 2.05) is 18.5 Å². The van der Waals surface area contributed by atoms with E-state index in [9.17, 15) is 0 Å². The largest absolute Gasteiger partial charge is 0.496 e. The van der Waals surface area contributed by atoms with Gasteiger partial charge in [0.15, 0.2) is 0 Å². The van der Waals surface area contributed by atoms with Gasteiger partial charge in [0.05, 0.1) is 30.9 Å². The van der Waals surface area contributed by atoms with Gasteiger partial charge in [-0.3, -0.25) is 4.68 Å². The molecule has 0 aliphatic heterocycles. The summed E-state index contributed by atoms with van der Waals surface area (Å²) in [5.41, 5.74) is 2.29. The molecule has 1 unspecified atom stereocenters. The highest BCUT2D eigenvalue weighted by molar-refractivity contribution is 9.10. The van der Waals surface area contributed by atoms with Crippen LogP contribution in [0.25, 0.3) is 0 Å². The van der Waals surface area contributed by atoms with Crippen molar-refractivity contribution in [2.45, 2.75) is 26.1 Å². The van der Waals surface area contributed by atoms with E-state index in [4.69, 9.17) is 9.84 Å². The van der Waals surface area contributed by atoms with Crippen molar-refractivity contribution in [1.29, 1.82) is 0 Å². The molecule has 5 nitrogen and oxygen atoms in total. The van der Waals surface area contributed by atoms with Crippen molar-refractivity contribution in [3.8, 4) is 5.75 Å². The van der Waals surface area contributed by atoms with E-state index in [0.29, 0.717) is 6.54 Å². The van der Waals surface area contributed by atoms with Gasteiger partial charge in [-0.25, -0.2) is 0 Å². The molecular formula is C15H20BrN3O2. The molecule has 6 heteroatoms. The molecule has 0 fully saturated rings. The summed E-state index contributed by atoms with van der Waals surface area (Å²) in [6, 6.07) is 6.28. The minimum Gasteiger partial charge on any atom is -0.496 e. The maximum atomic E-state index is 8.87. The van der Waals surface area contributed by atoms with Gasteiger partial charge in [-0.2, -0.15) is 5.10 Å². The van der Waals surface area contributed by atoms with Gasteiger partial charge in [0.25, 0.3) is 0 Å². The van der Waals surface area contributed by atoms with Gasteiger partial charge in [-0.15, -0.1) is 0 Å². The van der Waals surface area contributed by atoms with Crippen LogP contribution < -0.4 is 10.1 Å². The van der Waals surface area contributed by atoms with Crippen LogP contribution in [0.2, 0.25) is 0 Å². The Bertz CT molecular complexity index is 586. The zero-order valence-electron chi connectivity index (χ0n) is 12.2. The summed E-state index contributed by atoms with van der Waals surface area (Å²) in [6.45, 7) is 3.48. The van der Waals surface area contributed by atoms with Gasteiger partial charge < -0.3 is 15.2 Å². The smallest absolute Gasteiger partial charge is 0.133 e. The number of nitrogens with one attached hydrogen (secondary N) is 1. The molecule has 1 atom stereocenters. The highest BCUT2D eigenvalue weighted by Gasteiger charge is 2.08. The Kier molecular flexibility index (Phi) is 5.78. The van der Waals surface area contributed by atoms with Crippen molar-refractivity contribution in [1.82, 2.24) is 15.1 Å². The van der Waals surface area contributed by atoms with Crippen LogP contribution in [0.1, 0.15) is 24.1 Å². The molecule has 0 amide bonds. The predicted octanol–water partition coefficient (Wildman–Crippen LogP) is 2.50. The monoisotopic (exact) mass is 353 g/mol. The molecule has 0 radical (unpaired) electrons. The first kappa shape index (κ1) is 16.0. The molecule has 0 saturated carbocycles. The lowest BCUT2D eigenvalue weighted by Gasteiger charge is -2.15. The fourth-order valence-corrected chi connectivity index (χ4v) is 2.62. The normalized spacial score (nSPS) is 12.4. The third-order valence-corrected chi connectivity index (χ3v) is 3.92. The summed E-state index contributed by atoms with van der Waals surface area (Å²) >= 11 is 3.50. The van der Waals surface area contributed by atoms with Crippen LogP contribution in [0.5, 0.6) is 5.75 Å². The molecule has 2 N–H and O–H groups in total. The van der Waals surface area contributed by atoms with E-state index in [1.54, 1.807) is 11.8 Å². The Morgan fingerprint density at radius 1 is 1.48 bits per heavy atom. The standard InChI is InChI=1S/C15H20BrN3O2/c1-11(13-3-4-15(21-2)14(16)7-13)17-8-12-9-18-19(10-12)5-6-20/h3-4,7,9-11,17,20H,5-6,8H2,1-2H3. The van der Waals surface area contributed by atoms with E-state index in [-0.39, 0.29) is 12.6 Å². The minimum atomic E-state index is 0.102. The summed E-state index contributed by atoms with van der Waals surface area (Å²) < 4.78 is 7.93. The molecule has 2 rings (SSSR count). The molecule has 114 valence electrons. The van der Waals surface area contributed by atoms with E-state index in [2.05, 4.69) is 45.4 Å². The topological polar surface area (TPSA) is 59.3 Å². The van der Waals surface area contributed by atoms with Crippen molar-refractivity contribution < 1.29 is 9.84 Å². The van der Waals surface area contributed by atoms with Crippen molar-refractivity contribution in [2.75, 3.05) is 13.7 Å². The molecule has 1 aromatic heterocycles. The van der Waals surface area contributed by atoms with Gasteiger partial charge >= 0.3 is 0 Å². The maximum Gasteiger partial charge on any atom is 0.133 e. The lowest BCUT2D eigenvalue weighted by molar-refractivity contribution is 0.269. The molecule has 21 heavy (non-hydrogen) atoms. The Balaban J connectivity index is 1.94. The third-order valence-electron chi connectivity index (χ3n) is 3.30. The molecule has 0 spiro atoms. The second-order valence-corrected chi connectivity index (χ2v) is 5.69. The molecule has 0 aliphatic rings. The van der Waals surface area contributed by atoms with E-state index in [0.717, 1.165) is 22.3 Å². The SMILES string of the molecule is COc1ccc(C(C)NCc2cnn(CCO)c2)cc1Br. The van der Waals surface area contributed by atoms with E-state index < -0.39 is 0 Å². The van der Waals surface area contributed by atoms with Crippen LogP contribution >= 0.6 is 15.9 Å². The predicted molar refractivity (Wildman–Crippen MR) is 85.3 cm³/mol. The molecule has 0 aliphatic carbocycles. The lowest BCUT2D eigenvalue weighted by Crippen LogP contribution is -2.17. The average Bonchev–Trinajstić information content (AvgIpc) is 2.93. The summed E-state index contributed by atoms with van der Waals surface area (Å²) in [5.74, 6) is 0.830. The van der Waals surface area contributed by atoms with Crippen LogP contribution in [0.15, 0.2) is 35.1 Å². The fourth-order valence-electron chi connectivity index (χ4n) is 2.06. The second-order valence-electron chi connectivity index (χ2n) is 4.83. The first-order valence-corrected chi connectivity index (χ1v) is 7.62. The van der Waals surface area contributed by atoms with Crippen molar-refractivity contribution in [3.05, 3.63) is 46.2 Å². The number of ether oxygens (including phenoxy) is 1. The van der Waals surface area contributed by atoms with Crippen LogP contribution in [0.4, 0.5) is 0 Å². The number of hydrogen-bond donors (Lipinski definition) is 2. The van der Waals surface area contributed by atoms with Crippen LogP contribution in [-0.2, 0) is 13.1 Å². The first-order valence-electron chi connectivity index (χ1n) is 6.83. The molecule has 2 aromatic rings. The number of rotatable bonds is 7. The number of benzene rings is 1. The Morgan fingerprint density at radius 2 is 2.29 bits per heavy atom. The number of nitrogens with zero attached hydrogens (tertiary/aromatic N) is 2. The molecule has 0 bridgehead atoms. The first-order chi connectivity index (χ1) is 10.1. The van der Waals surface area contributed by atoms with Crippen molar-refractivity contribution in [3.63, 3.8) is 0 Å². The zero-order valence-corrected chi connectivity index (χ0v) is 13.8. The fraction of sp³-hybridized carbons (Fsp3) is 0.400. The number of halogens is 1. The zero-order chi connectivity index (χ0) is 15.2. The average molecular weight is 354 g/mol. The second kappa shape index (κ2) is 7.59. The maximum absolute atomic E-state index is 8.87. The van der Waals surface area contributed by atoms with Crippen LogP contribution in [-0.4, -0.2) is 28.6 Å². The summed E-state index contributed by atoms with van der Waals surface area (Å²) in [7, 11) is 1.66. The number of aliphatic hydroxyl groups is 1. The third kappa shape index (κ3) is 4.30. The number of hydrogen-bond acceptors (Lipinski definition) is 4. The Hall–Kier alpha value is -1.37. The summed E-state index contributed by atoms with van der Waals surface area (Å²) in [4.78, 5) is 0. The van der Waals surface area contributed by atoms with Crippen molar-refractivity contribution >= 4 is 15.9 Å². The van der Waals surface area contributed by atoms with E-state index in [1.165, 1.54) is 5.56 Å². The number of methoxy groups -OCH3 is 1. The number of aromatic nitrogens is 2. The minimum absolute atomic E-state index is 0.102. The Morgan fingerprint density at radius 3 is 2.95 bits per heavy atom. The van der Waals surface area contributed by atoms with Crippen molar-refractivity contribution in [2.24, 2.45) is 0 Å². The van der Waals surface area contributed by atoms with E-state index >= 15 is 0 Å². The molecule has 1 aromatic carbocycles. The lowest BCUT2D eigenvalue weighted by atomic mass is 10.1. The van der Waals surface area contributed by atoms with Gasteiger partial charge in [-0.1, -0.05) is 6.07 Å². The quantitative estimate of drug-likeness (QED) is 0.802. The summed E-state index contributed by atoms with van der Waals surface area (Å²) in [6.07, 6.45) is 3.76. The molecular weight excluding hydrogens is 334 g/mol. The van der Waals surface area contributed by atoms with Crippen LogP contribution in [0.3, 0.4) is 0 Å². The molecule has 1 heterocycles. The van der Waals surface area contributed by atoms with Gasteiger partial charge in [-0.05, 0) is 40.5 Å². The van der Waals surface area contributed by atoms with Gasteiger partial charge in [0.1, 0.15) is 5.75 Å².